The summed E-state index contributed by atoms with van der Waals surface area (Å²) in [6.07, 6.45) is 3.68. The molecule has 0 unspecified atom stereocenters. The molecule has 1 aromatic rings. The molecule has 4 rings (SSSR count). The Morgan fingerprint density at radius 2 is 1.91 bits per heavy atom. The highest BCUT2D eigenvalue weighted by molar-refractivity contribution is 5.92. The van der Waals surface area contributed by atoms with E-state index in [1.165, 1.54) is 0 Å². The van der Waals surface area contributed by atoms with Gasteiger partial charge < -0.3 is 30.2 Å². The van der Waals surface area contributed by atoms with E-state index in [4.69, 9.17) is 4.74 Å². The van der Waals surface area contributed by atoms with Crippen LogP contribution in [0.1, 0.15) is 43.6 Å². The van der Waals surface area contributed by atoms with Crippen molar-refractivity contribution in [1.29, 1.82) is 0 Å². The van der Waals surface area contributed by atoms with Crippen LogP contribution in [0.2, 0.25) is 0 Å². The number of hydrogen-bond donors (Lipinski definition) is 3. The molecule has 3 aliphatic heterocycles. The Labute approximate surface area is 199 Å². The molecule has 4 atom stereocenters. The van der Waals surface area contributed by atoms with Crippen LogP contribution in [0.15, 0.2) is 18.3 Å². The van der Waals surface area contributed by atoms with Crippen molar-refractivity contribution in [3.05, 3.63) is 24.0 Å². The summed E-state index contributed by atoms with van der Waals surface area (Å²) in [5.41, 5.74) is 0.452. The van der Waals surface area contributed by atoms with Crippen molar-refractivity contribution in [2.45, 2.75) is 45.3 Å². The van der Waals surface area contributed by atoms with Crippen molar-refractivity contribution in [2.24, 2.45) is 17.8 Å². The van der Waals surface area contributed by atoms with Crippen LogP contribution >= 0.6 is 0 Å². The number of amides is 4. The summed E-state index contributed by atoms with van der Waals surface area (Å²) in [4.78, 5) is 57.1. The van der Waals surface area contributed by atoms with E-state index in [2.05, 4.69) is 15.6 Å². The van der Waals surface area contributed by atoms with Gasteiger partial charge in [0.15, 0.2) is 0 Å². The lowest BCUT2D eigenvalue weighted by Crippen LogP contribution is -2.52. The van der Waals surface area contributed by atoms with E-state index >= 15 is 0 Å². The summed E-state index contributed by atoms with van der Waals surface area (Å²) in [7, 11) is 0. The molecule has 1 aromatic heterocycles. The summed E-state index contributed by atoms with van der Waals surface area (Å²) in [6, 6.07) is 2.86. The number of carbonyl (C=O) groups excluding carboxylic acids is 4. The van der Waals surface area contributed by atoms with Gasteiger partial charge in [-0.1, -0.05) is 13.8 Å². The third-order valence-electron chi connectivity index (χ3n) is 7.12. The summed E-state index contributed by atoms with van der Waals surface area (Å²) in [6.45, 7) is 6.81. The van der Waals surface area contributed by atoms with Crippen LogP contribution in [0.4, 0.5) is 0 Å². The molecule has 0 spiro atoms. The number of aromatic amines is 1. The predicted molar refractivity (Wildman–Crippen MR) is 124 cm³/mol. The Morgan fingerprint density at radius 1 is 1.15 bits per heavy atom. The molecule has 3 saturated heterocycles. The summed E-state index contributed by atoms with van der Waals surface area (Å²) < 4.78 is 5.86. The number of likely N-dealkylation sites (tertiary alicyclic amines) is 2. The van der Waals surface area contributed by atoms with Crippen LogP contribution < -0.4 is 10.6 Å². The zero-order valence-corrected chi connectivity index (χ0v) is 19.9. The van der Waals surface area contributed by atoms with Crippen molar-refractivity contribution in [3.63, 3.8) is 0 Å². The molecule has 3 aliphatic rings. The molecule has 10 heteroatoms. The first-order valence-corrected chi connectivity index (χ1v) is 12.2. The normalized spacial score (nSPS) is 24.9. The molecule has 0 saturated carbocycles. The molecular weight excluding hydrogens is 438 g/mol. The van der Waals surface area contributed by atoms with Gasteiger partial charge in [0.05, 0.1) is 18.6 Å². The molecule has 3 fully saturated rings. The van der Waals surface area contributed by atoms with Crippen LogP contribution in [0.3, 0.4) is 0 Å². The number of hydrogen-bond acceptors (Lipinski definition) is 5. The first-order valence-electron chi connectivity index (χ1n) is 12.2. The number of carbonyl (C=O) groups is 4. The standard InChI is InChI=1S/C24H35N5O5/c1-15(2)21(24(33)28-10-3-4-11-28)27-22(31)17-14-34-19-13-29(12-16(17)19)20(30)7-9-26-23(32)18-6-5-8-25-18/h5-6,8,15-17,19,21,25H,3-4,7,9-14H2,1-2H3,(H,26,32)(H,27,31)/t16-,17+,19-,21-/m0/s1. The number of fused-ring (bicyclic) bond motifs is 1. The third kappa shape index (κ3) is 5.27. The van der Waals surface area contributed by atoms with Gasteiger partial charge in [-0.05, 0) is 30.9 Å². The first-order chi connectivity index (χ1) is 16.3. The molecule has 0 radical (unpaired) electrons. The van der Waals surface area contributed by atoms with Crippen LogP contribution in [0, 0.1) is 17.8 Å². The lowest BCUT2D eigenvalue weighted by atomic mass is 9.91. The predicted octanol–water partition coefficient (Wildman–Crippen LogP) is 0.371. The van der Waals surface area contributed by atoms with Gasteiger partial charge in [0.2, 0.25) is 17.7 Å². The van der Waals surface area contributed by atoms with Crippen molar-refractivity contribution in [2.75, 3.05) is 39.3 Å². The molecule has 186 valence electrons. The van der Waals surface area contributed by atoms with E-state index in [1.54, 1.807) is 23.2 Å². The fourth-order valence-corrected chi connectivity index (χ4v) is 5.10. The Bertz CT molecular complexity index is 896. The SMILES string of the molecule is CC(C)[C@H](NC(=O)[C@@H]1CO[C@H]2CN(C(=O)CCNC(=O)c3ccc[nH]3)C[C@H]21)C(=O)N1CCCC1. The topological polar surface area (TPSA) is 124 Å². The average Bonchev–Trinajstić information content (AvgIpc) is 3.60. The zero-order valence-electron chi connectivity index (χ0n) is 19.9. The molecular formula is C24H35N5O5. The molecule has 34 heavy (non-hydrogen) atoms. The molecule has 4 amide bonds. The molecule has 0 bridgehead atoms. The van der Waals surface area contributed by atoms with Crippen LogP contribution in [-0.4, -0.2) is 89.9 Å². The second-order valence-corrected chi connectivity index (χ2v) is 9.79. The summed E-state index contributed by atoms with van der Waals surface area (Å²) in [5, 5.41) is 5.72. The first kappa shape index (κ1) is 24.3. The quantitative estimate of drug-likeness (QED) is 0.503. The van der Waals surface area contributed by atoms with E-state index in [0.29, 0.717) is 25.4 Å². The minimum absolute atomic E-state index is 0.0130. The maximum Gasteiger partial charge on any atom is 0.267 e. The second kappa shape index (κ2) is 10.6. The third-order valence-corrected chi connectivity index (χ3v) is 7.12. The highest BCUT2D eigenvalue weighted by atomic mass is 16.5. The van der Waals surface area contributed by atoms with Gasteiger partial charge in [0, 0.05) is 51.3 Å². The van der Waals surface area contributed by atoms with E-state index in [-0.39, 0.29) is 60.5 Å². The van der Waals surface area contributed by atoms with Crippen molar-refractivity contribution in [3.8, 4) is 0 Å². The molecule has 3 N–H and O–H groups in total. The van der Waals surface area contributed by atoms with Gasteiger partial charge in [-0.15, -0.1) is 0 Å². The average molecular weight is 474 g/mol. The number of rotatable bonds is 8. The number of aromatic nitrogens is 1. The molecule has 0 aromatic carbocycles. The number of H-pyrrole nitrogens is 1. The van der Waals surface area contributed by atoms with Crippen LogP contribution in [0.5, 0.6) is 0 Å². The highest BCUT2D eigenvalue weighted by Crippen LogP contribution is 2.34. The molecule has 0 aliphatic carbocycles. The van der Waals surface area contributed by atoms with Gasteiger partial charge in [0.1, 0.15) is 11.7 Å². The summed E-state index contributed by atoms with van der Waals surface area (Å²) in [5.74, 6) is -1.01. The van der Waals surface area contributed by atoms with E-state index < -0.39 is 6.04 Å². The van der Waals surface area contributed by atoms with E-state index in [0.717, 1.165) is 25.9 Å². The monoisotopic (exact) mass is 473 g/mol. The lowest BCUT2D eigenvalue weighted by Gasteiger charge is -2.28. The maximum atomic E-state index is 13.1. The Kier molecular flexibility index (Phi) is 7.55. The second-order valence-electron chi connectivity index (χ2n) is 9.79. The smallest absolute Gasteiger partial charge is 0.267 e. The molecule has 10 nitrogen and oxygen atoms in total. The van der Waals surface area contributed by atoms with E-state index in [9.17, 15) is 19.2 Å². The Hall–Kier alpha value is -2.88. The van der Waals surface area contributed by atoms with Gasteiger partial charge in [0.25, 0.3) is 5.91 Å². The van der Waals surface area contributed by atoms with Crippen molar-refractivity contribution >= 4 is 23.6 Å². The minimum Gasteiger partial charge on any atom is -0.375 e. The number of nitrogens with one attached hydrogen (secondary N) is 3. The number of nitrogens with zero attached hydrogens (tertiary/aromatic N) is 2. The van der Waals surface area contributed by atoms with Crippen molar-refractivity contribution < 1.29 is 23.9 Å². The number of ether oxygens (including phenoxy) is 1. The van der Waals surface area contributed by atoms with Gasteiger partial charge in [-0.25, -0.2) is 0 Å². The zero-order chi connectivity index (χ0) is 24.2. The lowest BCUT2D eigenvalue weighted by molar-refractivity contribution is -0.138. The highest BCUT2D eigenvalue weighted by Gasteiger charge is 2.48. The van der Waals surface area contributed by atoms with E-state index in [1.807, 2.05) is 18.7 Å². The Morgan fingerprint density at radius 3 is 2.59 bits per heavy atom. The maximum absolute atomic E-state index is 13.1. The van der Waals surface area contributed by atoms with Crippen LogP contribution in [-0.2, 0) is 19.1 Å². The van der Waals surface area contributed by atoms with Crippen LogP contribution in [0.25, 0.3) is 0 Å². The largest absolute Gasteiger partial charge is 0.375 e. The van der Waals surface area contributed by atoms with Crippen molar-refractivity contribution in [1.82, 2.24) is 25.4 Å². The fraction of sp³-hybridized carbons (Fsp3) is 0.667. The minimum atomic E-state index is -0.549. The molecule has 4 heterocycles. The summed E-state index contributed by atoms with van der Waals surface area (Å²) >= 11 is 0. The van der Waals surface area contributed by atoms with Gasteiger partial charge >= 0.3 is 0 Å². The van der Waals surface area contributed by atoms with Gasteiger partial charge in [-0.2, -0.15) is 0 Å². The fourth-order valence-electron chi connectivity index (χ4n) is 5.10. The Balaban J connectivity index is 1.27. The van der Waals surface area contributed by atoms with Gasteiger partial charge in [-0.3, -0.25) is 19.2 Å².